The Hall–Kier alpha value is -0.120. The summed E-state index contributed by atoms with van der Waals surface area (Å²) < 4.78 is 5.54. The average Bonchev–Trinajstić information content (AvgIpc) is 2.85. The SMILES string of the molecule is CCNCC1(CN2CCCC(OC)C2)CCCC1. The Bertz CT molecular complexity index is 239. The summed E-state index contributed by atoms with van der Waals surface area (Å²) in [6.45, 7) is 8.21. The minimum Gasteiger partial charge on any atom is -0.380 e. The first-order valence-electron chi connectivity index (χ1n) is 7.74. The summed E-state index contributed by atoms with van der Waals surface area (Å²) >= 11 is 0. The maximum absolute atomic E-state index is 5.54. The molecular formula is C15H30N2O. The molecule has 0 aromatic heterocycles. The predicted octanol–water partition coefficient (Wildman–Crippen LogP) is 2.27. The van der Waals surface area contributed by atoms with Gasteiger partial charge in [0.25, 0.3) is 0 Å². The molecule has 1 aliphatic heterocycles. The number of methoxy groups -OCH3 is 1. The fourth-order valence-electron chi connectivity index (χ4n) is 3.73. The number of nitrogens with one attached hydrogen (secondary N) is 1. The van der Waals surface area contributed by atoms with Gasteiger partial charge in [0.2, 0.25) is 0 Å². The van der Waals surface area contributed by atoms with Crippen molar-refractivity contribution < 1.29 is 4.74 Å². The molecule has 18 heavy (non-hydrogen) atoms. The van der Waals surface area contributed by atoms with Crippen LogP contribution in [0.2, 0.25) is 0 Å². The zero-order valence-corrected chi connectivity index (χ0v) is 12.2. The van der Waals surface area contributed by atoms with Crippen molar-refractivity contribution in [2.75, 3.05) is 39.8 Å². The van der Waals surface area contributed by atoms with Gasteiger partial charge in [-0.1, -0.05) is 19.8 Å². The van der Waals surface area contributed by atoms with Crippen LogP contribution in [0.3, 0.4) is 0 Å². The predicted molar refractivity (Wildman–Crippen MR) is 75.9 cm³/mol. The van der Waals surface area contributed by atoms with Gasteiger partial charge in [0.1, 0.15) is 0 Å². The minimum atomic E-state index is 0.469. The lowest BCUT2D eigenvalue weighted by Gasteiger charge is -2.39. The highest BCUT2D eigenvalue weighted by Crippen LogP contribution is 2.38. The molecule has 3 heteroatoms. The van der Waals surface area contributed by atoms with Crippen LogP contribution in [-0.2, 0) is 4.74 Å². The van der Waals surface area contributed by atoms with E-state index < -0.39 is 0 Å². The number of likely N-dealkylation sites (tertiary alicyclic amines) is 1. The maximum atomic E-state index is 5.54. The summed E-state index contributed by atoms with van der Waals surface area (Å²) in [5.74, 6) is 0. The fraction of sp³-hybridized carbons (Fsp3) is 1.00. The van der Waals surface area contributed by atoms with Gasteiger partial charge in [-0.3, -0.25) is 0 Å². The van der Waals surface area contributed by atoms with Gasteiger partial charge in [0.15, 0.2) is 0 Å². The Morgan fingerprint density at radius 2 is 2.06 bits per heavy atom. The van der Waals surface area contributed by atoms with E-state index in [-0.39, 0.29) is 0 Å². The molecule has 0 bridgehead atoms. The van der Waals surface area contributed by atoms with E-state index in [9.17, 15) is 0 Å². The summed E-state index contributed by atoms with van der Waals surface area (Å²) in [5.41, 5.74) is 0.547. The molecule has 1 unspecified atom stereocenters. The highest BCUT2D eigenvalue weighted by atomic mass is 16.5. The molecule has 0 spiro atoms. The first-order valence-corrected chi connectivity index (χ1v) is 7.74. The maximum Gasteiger partial charge on any atom is 0.0698 e. The van der Waals surface area contributed by atoms with Gasteiger partial charge >= 0.3 is 0 Å². The van der Waals surface area contributed by atoms with Crippen LogP contribution in [0.25, 0.3) is 0 Å². The lowest BCUT2D eigenvalue weighted by molar-refractivity contribution is 0.0145. The van der Waals surface area contributed by atoms with E-state index in [1.54, 1.807) is 0 Å². The summed E-state index contributed by atoms with van der Waals surface area (Å²) in [4.78, 5) is 2.65. The highest BCUT2D eigenvalue weighted by Gasteiger charge is 2.36. The van der Waals surface area contributed by atoms with Gasteiger partial charge < -0.3 is 15.0 Å². The first-order chi connectivity index (χ1) is 8.78. The van der Waals surface area contributed by atoms with Crippen molar-refractivity contribution in [3.8, 4) is 0 Å². The second-order valence-corrected chi connectivity index (χ2v) is 6.22. The molecule has 106 valence electrons. The smallest absolute Gasteiger partial charge is 0.0698 e. The normalized spacial score (nSPS) is 28.7. The van der Waals surface area contributed by atoms with E-state index in [1.807, 2.05) is 7.11 Å². The lowest BCUT2D eigenvalue weighted by Crippen LogP contribution is -2.47. The average molecular weight is 254 g/mol. The van der Waals surface area contributed by atoms with E-state index in [1.165, 1.54) is 58.2 Å². The van der Waals surface area contributed by atoms with Gasteiger partial charge in [-0.15, -0.1) is 0 Å². The number of hydrogen-bond acceptors (Lipinski definition) is 3. The van der Waals surface area contributed by atoms with Crippen molar-refractivity contribution in [3.63, 3.8) is 0 Å². The molecular weight excluding hydrogens is 224 g/mol. The van der Waals surface area contributed by atoms with Crippen LogP contribution in [0.4, 0.5) is 0 Å². The van der Waals surface area contributed by atoms with Crippen LogP contribution in [0.5, 0.6) is 0 Å². The summed E-state index contributed by atoms with van der Waals surface area (Å²) in [6, 6.07) is 0. The number of nitrogens with zero attached hydrogens (tertiary/aromatic N) is 1. The van der Waals surface area contributed by atoms with Crippen molar-refractivity contribution in [1.29, 1.82) is 0 Å². The summed E-state index contributed by atoms with van der Waals surface area (Å²) in [6.07, 6.45) is 8.68. The molecule has 1 N–H and O–H groups in total. The largest absolute Gasteiger partial charge is 0.380 e. The van der Waals surface area contributed by atoms with Crippen LogP contribution in [0.15, 0.2) is 0 Å². The van der Waals surface area contributed by atoms with E-state index in [0.29, 0.717) is 11.5 Å². The molecule has 2 fully saturated rings. The van der Waals surface area contributed by atoms with Crippen LogP contribution >= 0.6 is 0 Å². The molecule has 1 saturated heterocycles. The third-order valence-electron chi connectivity index (χ3n) is 4.77. The van der Waals surface area contributed by atoms with Crippen LogP contribution < -0.4 is 5.32 Å². The van der Waals surface area contributed by atoms with Crippen LogP contribution in [0, 0.1) is 5.41 Å². The number of hydrogen-bond donors (Lipinski definition) is 1. The fourth-order valence-corrected chi connectivity index (χ4v) is 3.73. The van der Waals surface area contributed by atoms with Gasteiger partial charge in [-0.2, -0.15) is 0 Å². The van der Waals surface area contributed by atoms with E-state index in [2.05, 4.69) is 17.1 Å². The van der Waals surface area contributed by atoms with E-state index >= 15 is 0 Å². The molecule has 3 nitrogen and oxygen atoms in total. The van der Waals surface area contributed by atoms with E-state index in [0.717, 1.165) is 13.1 Å². The zero-order valence-electron chi connectivity index (χ0n) is 12.2. The monoisotopic (exact) mass is 254 g/mol. The molecule has 1 atom stereocenters. The van der Waals surface area contributed by atoms with Crippen molar-refractivity contribution in [2.24, 2.45) is 5.41 Å². The lowest BCUT2D eigenvalue weighted by atomic mass is 9.84. The summed E-state index contributed by atoms with van der Waals surface area (Å²) in [7, 11) is 1.86. The molecule has 1 saturated carbocycles. The number of piperidine rings is 1. The zero-order chi connectivity index (χ0) is 12.8. The van der Waals surface area contributed by atoms with Crippen molar-refractivity contribution in [1.82, 2.24) is 10.2 Å². The van der Waals surface area contributed by atoms with Gasteiger partial charge in [-0.25, -0.2) is 0 Å². The quantitative estimate of drug-likeness (QED) is 0.787. The van der Waals surface area contributed by atoms with Crippen molar-refractivity contribution in [3.05, 3.63) is 0 Å². The molecule has 2 rings (SSSR count). The first kappa shape index (κ1) is 14.3. The van der Waals surface area contributed by atoms with Crippen LogP contribution in [-0.4, -0.2) is 50.8 Å². The van der Waals surface area contributed by atoms with Crippen molar-refractivity contribution >= 4 is 0 Å². The second-order valence-electron chi connectivity index (χ2n) is 6.22. The molecule has 1 heterocycles. The molecule has 0 amide bonds. The number of rotatable bonds is 6. The van der Waals surface area contributed by atoms with E-state index in [4.69, 9.17) is 4.74 Å². The topological polar surface area (TPSA) is 24.5 Å². The van der Waals surface area contributed by atoms with Gasteiger partial charge in [-0.05, 0) is 44.2 Å². The number of ether oxygens (including phenoxy) is 1. The Morgan fingerprint density at radius 1 is 1.28 bits per heavy atom. The van der Waals surface area contributed by atoms with Crippen LogP contribution in [0.1, 0.15) is 45.4 Å². The minimum absolute atomic E-state index is 0.469. The Morgan fingerprint density at radius 3 is 2.72 bits per heavy atom. The molecule has 0 aromatic carbocycles. The molecule has 0 aromatic rings. The third-order valence-corrected chi connectivity index (χ3v) is 4.77. The highest BCUT2D eigenvalue weighted by molar-refractivity contribution is 4.90. The Balaban J connectivity index is 1.87. The van der Waals surface area contributed by atoms with Crippen molar-refractivity contribution in [2.45, 2.75) is 51.6 Å². The molecule has 0 radical (unpaired) electrons. The molecule has 1 aliphatic carbocycles. The Kier molecular flexibility index (Phi) is 5.46. The summed E-state index contributed by atoms with van der Waals surface area (Å²) in [5, 5.41) is 3.59. The third kappa shape index (κ3) is 3.69. The van der Waals surface area contributed by atoms with Gasteiger partial charge in [0.05, 0.1) is 6.10 Å². The second kappa shape index (κ2) is 6.88. The standard InChI is InChI=1S/C15H30N2O/c1-3-16-12-15(8-4-5-9-15)13-17-10-6-7-14(11-17)18-2/h14,16H,3-13H2,1-2H3. The molecule has 2 aliphatic rings. The Labute approximate surface area is 112 Å². The van der Waals surface area contributed by atoms with Gasteiger partial charge in [0, 0.05) is 26.7 Å².